The fourth-order valence-corrected chi connectivity index (χ4v) is 1.50. The van der Waals surface area contributed by atoms with Gasteiger partial charge in [0.15, 0.2) is 0 Å². The van der Waals surface area contributed by atoms with Crippen LogP contribution in [0.25, 0.3) is 0 Å². The summed E-state index contributed by atoms with van der Waals surface area (Å²) in [4.78, 5) is 11.4. The highest BCUT2D eigenvalue weighted by atomic mass is 19.4. The summed E-state index contributed by atoms with van der Waals surface area (Å²) >= 11 is 0. The molecule has 0 radical (unpaired) electrons. The summed E-state index contributed by atoms with van der Waals surface area (Å²) in [5.74, 6) is -1.19. The van der Waals surface area contributed by atoms with E-state index in [0.717, 1.165) is 12.7 Å². The number of amides is 1. The summed E-state index contributed by atoms with van der Waals surface area (Å²) in [6, 6.07) is 8.20. The Morgan fingerprint density at radius 2 is 1.83 bits per heavy atom. The molecule has 0 bridgehead atoms. The number of halogens is 3. The van der Waals surface area contributed by atoms with E-state index in [-0.39, 0.29) is 0 Å². The van der Waals surface area contributed by atoms with Crippen LogP contribution < -0.4 is 5.32 Å². The minimum absolute atomic E-state index is 0.515. The van der Waals surface area contributed by atoms with E-state index in [1.165, 1.54) is 0 Å². The maximum Gasteiger partial charge on any atom is 0.423 e. The second-order valence-corrected chi connectivity index (χ2v) is 3.80. The fraction of sp³-hybridized carbons (Fsp3) is 0.417. The number of methoxy groups -OCH3 is 1. The molecular weight excluding hydrogens is 247 g/mol. The van der Waals surface area contributed by atoms with Gasteiger partial charge in [-0.2, -0.15) is 13.2 Å². The average molecular weight is 261 g/mol. The van der Waals surface area contributed by atoms with Gasteiger partial charge in [-0.3, -0.25) is 4.79 Å². The van der Waals surface area contributed by atoms with E-state index in [9.17, 15) is 18.0 Å². The van der Waals surface area contributed by atoms with Crippen LogP contribution in [0.3, 0.4) is 0 Å². The molecule has 1 aromatic rings. The number of nitrogens with one attached hydrogen (secondary N) is 1. The van der Waals surface area contributed by atoms with Gasteiger partial charge in [-0.05, 0) is 12.5 Å². The molecule has 1 amide bonds. The van der Waals surface area contributed by atoms with E-state index in [2.05, 4.69) is 10.1 Å². The Morgan fingerprint density at radius 3 is 2.28 bits per heavy atom. The Hall–Kier alpha value is -1.56. The zero-order valence-electron chi connectivity index (χ0n) is 9.99. The van der Waals surface area contributed by atoms with Gasteiger partial charge in [-0.25, -0.2) is 0 Å². The van der Waals surface area contributed by atoms with E-state index >= 15 is 0 Å². The number of hydrogen-bond acceptors (Lipinski definition) is 2. The van der Waals surface area contributed by atoms with Gasteiger partial charge < -0.3 is 10.1 Å². The molecule has 2 unspecified atom stereocenters. The maximum absolute atomic E-state index is 12.4. The van der Waals surface area contributed by atoms with Crippen molar-refractivity contribution in [2.45, 2.75) is 25.2 Å². The molecule has 0 spiro atoms. The van der Waals surface area contributed by atoms with Crippen molar-refractivity contribution in [2.75, 3.05) is 7.11 Å². The van der Waals surface area contributed by atoms with Gasteiger partial charge in [-0.15, -0.1) is 0 Å². The van der Waals surface area contributed by atoms with E-state index in [4.69, 9.17) is 0 Å². The Kier molecular flexibility index (Phi) is 4.72. The Balaban J connectivity index is 2.70. The number of ether oxygens (including phenoxy) is 1. The molecular formula is C12H14F3NO2. The smallest absolute Gasteiger partial charge is 0.363 e. The highest BCUT2D eigenvalue weighted by Gasteiger charge is 2.45. The molecule has 0 aliphatic heterocycles. The highest BCUT2D eigenvalue weighted by molar-refractivity contribution is 5.82. The molecule has 18 heavy (non-hydrogen) atoms. The summed E-state index contributed by atoms with van der Waals surface area (Å²) in [5, 5.41) is 2.27. The van der Waals surface area contributed by atoms with E-state index in [1.807, 2.05) is 0 Å². The lowest BCUT2D eigenvalue weighted by Crippen LogP contribution is -2.46. The molecule has 2 atom stereocenters. The lowest BCUT2D eigenvalue weighted by Gasteiger charge is -2.21. The van der Waals surface area contributed by atoms with Crippen molar-refractivity contribution in [3.63, 3.8) is 0 Å². The van der Waals surface area contributed by atoms with E-state index in [1.54, 1.807) is 37.3 Å². The van der Waals surface area contributed by atoms with Crippen LogP contribution >= 0.6 is 0 Å². The quantitative estimate of drug-likeness (QED) is 0.904. The number of rotatable bonds is 4. The Bertz CT molecular complexity index is 392. The molecule has 0 saturated carbocycles. The number of alkyl halides is 3. The van der Waals surface area contributed by atoms with Crippen molar-refractivity contribution in [2.24, 2.45) is 0 Å². The number of benzene rings is 1. The first-order chi connectivity index (χ1) is 8.36. The molecule has 100 valence electrons. The molecule has 1 N–H and O–H groups in total. The van der Waals surface area contributed by atoms with Crippen LogP contribution in [0.4, 0.5) is 13.2 Å². The molecule has 0 aliphatic carbocycles. The fourth-order valence-electron chi connectivity index (χ4n) is 1.50. The summed E-state index contributed by atoms with van der Waals surface area (Å²) in [6.07, 6.45) is -7.15. The van der Waals surface area contributed by atoms with Crippen LogP contribution in [0.5, 0.6) is 0 Å². The molecule has 3 nitrogen and oxygen atoms in total. The molecule has 0 saturated heterocycles. The predicted molar refractivity (Wildman–Crippen MR) is 59.9 cm³/mol. The zero-order chi connectivity index (χ0) is 13.8. The first-order valence-electron chi connectivity index (χ1n) is 5.31. The SMILES string of the molecule is COC(C(=O)NC(C)c1ccccc1)C(F)(F)F. The minimum atomic E-state index is -4.71. The second-order valence-electron chi connectivity index (χ2n) is 3.80. The minimum Gasteiger partial charge on any atom is -0.363 e. The van der Waals surface area contributed by atoms with Crippen molar-refractivity contribution < 1.29 is 22.7 Å². The molecule has 1 rings (SSSR count). The number of carbonyl (C=O) groups is 1. The third-order valence-electron chi connectivity index (χ3n) is 2.43. The van der Waals surface area contributed by atoms with Crippen LogP contribution in [-0.2, 0) is 9.53 Å². The van der Waals surface area contributed by atoms with Gasteiger partial charge in [0, 0.05) is 7.11 Å². The molecule has 0 aromatic heterocycles. The van der Waals surface area contributed by atoms with Gasteiger partial charge in [0.25, 0.3) is 5.91 Å². The van der Waals surface area contributed by atoms with Crippen molar-refractivity contribution in [1.29, 1.82) is 0 Å². The lowest BCUT2D eigenvalue weighted by molar-refractivity contribution is -0.212. The summed E-state index contributed by atoms with van der Waals surface area (Å²) < 4.78 is 41.5. The zero-order valence-corrected chi connectivity index (χ0v) is 9.99. The van der Waals surface area contributed by atoms with E-state index < -0.39 is 24.2 Å². The highest BCUT2D eigenvalue weighted by Crippen LogP contribution is 2.23. The van der Waals surface area contributed by atoms with Gasteiger partial charge in [0.1, 0.15) is 0 Å². The molecule has 0 heterocycles. The van der Waals surface area contributed by atoms with Gasteiger partial charge in [-0.1, -0.05) is 30.3 Å². The summed E-state index contributed by atoms with van der Waals surface area (Å²) in [7, 11) is 0.852. The van der Waals surface area contributed by atoms with Crippen molar-refractivity contribution in [3.05, 3.63) is 35.9 Å². The Morgan fingerprint density at radius 1 is 1.28 bits per heavy atom. The molecule has 1 aromatic carbocycles. The lowest BCUT2D eigenvalue weighted by atomic mass is 10.1. The van der Waals surface area contributed by atoms with Crippen molar-refractivity contribution in [3.8, 4) is 0 Å². The number of carbonyl (C=O) groups excluding carboxylic acids is 1. The average Bonchev–Trinajstić information content (AvgIpc) is 2.29. The monoisotopic (exact) mass is 261 g/mol. The molecule has 0 fully saturated rings. The third-order valence-corrected chi connectivity index (χ3v) is 2.43. The van der Waals surface area contributed by atoms with E-state index in [0.29, 0.717) is 0 Å². The normalized spacial score (nSPS) is 14.9. The number of hydrogen-bond donors (Lipinski definition) is 1. The topological polar surface area (TPSA) is 38.3 Å². The van der Waals surface area contributed by atoms with Gasteiger partial charge in [0.05, 0.1) is 6.04 Å². The summed E-state index contributed by atoms with van der Waals surface area (Å²) in [6.45, 7) is 1.61. The first-order valence-corrected chi connectivity index (χ1v) is 5.31. The molecule has 6 heteroatoms. The second kappa shape index (κ2) is 5.86. The predicted octanol–water partition coefficient (Wildman–Crippen LogP) is 2.44. The van der Waals surface area contributed by atoms with Gasteiger partial charge >= 0.3 is 6.18 Å². The molecule has 0 aliphatic rings. The van der Waals surface area contributed by atoms with Gasteiger partial charge in [0.2, 0.25) is 6.10 Å². The standard InChI is InChI=1S/C12H14F3NO2/c1-8(9-6-4-3-5-7-9)16-11(17)10(18-2)12(13,14)15/h3-8,10H,1-2H3,(H,16,17). The Labute approximate surface area is 103 Å². The third kappa shape index (κ3) is 3.73. The largest absolute Gasteiger partial charge is 0.423 e. The van der Waals surface area contributed by atoms with Crippen LogP contribution in [-0.4, -0.2) is 25.3 Å². The first kappa shape index (κ1) is 14.5. The van der Waals surface area contributed by atoms with Crippen LogP contribution in [0.2, 0.25) is 0 Å². The van der Waals surface area contributed by atoms with Crippen LogP contribution in [0, 0.1) is 0 Å². The summed E-state index contributed by atoms with van der Waals surface area (Å²) in [5.41, 5.74) is 0.725. The van der Waals surface area contributed by atoms with Crippen LogP contribution in [0.1, 0.15) is 18.5 Å². The van der Waals surface area contributed by atoms with Crippen LogP contribution in [0.15, 0.2) is 30.3 Å². The maximum atomic E-state index is 12.4. The van der Waals surface area contributed by atoms with Crippen molar-refractivity contribution in [1.82, 2.24) is 5.32 Å². The van der Waals surface area contributed by atoms with Crippen molar-refractivity contribution >= 4 is 5.91 Å².